The van der Waals surface area contributed by atoms with Crippen molar-refractivity contribution in [3.05, 3.63) is 169 Å². The van der Waals surface area contributed by atoms with Crippen LogP contribution in [0.4, 0.5) is 0 Å². The van der Waals surface area contributed by atoms with Gasteiger partial charge in [0, 0.05) is 54.5 Å². The summed E-state index contributed by atoms with van der Waals surface area (Å²) in [5, 5.41) is 12.8. The molecule has 2 aliphatic heterocycles. The molecule has 57 heavy (non-hydrogen) atoms. The summed E-state index contributed by atoms with van der Waals surface area (Å²) in [5.74, 6) is 0. The van der Waals surface area contributed by atoms with E-state index in [-0.39, 0.29) is 5.41 Å². The zero-order valence-corrected chi connectivity index (χ0v) is 31.5. The van der Waals surface area contributed by atoms with Crippen LogP contribution >= 0.6 is 0 Å². The van der Waals surface area contributed by atoms with Crippen LogP contribution in [0.5, 0.6) is 0 Å². The fourth-order valence-corrected chi connectivity index (χ4v) is 11.2. The molecule has 0 aliphatic carbocycles. The van der Waals surface area contributed by atoms with Crippen molar-refractivity contribution >= 4 is 105 Å². The second-order valence-electron chi connectivity index (χ2n) is 16.7. The van der Waals surface area contributed by atoms with Crippen LogP contribution in [0, 0.1) is 0 Å². The Morgan fingerprint density at radius 2 is 1.16 bits per heavy atom. The molecule has 0 fully saturated rings. The molecule has 0 saturated carbocycles. The van der Waals surface area contributed by atoms with E-state index in [9.17, 15) is 0 Å². The normalized spacial score (nSPS) is 14.1. The van der Waals surface area contributed by atoms with Crippen LogP contribution in [-0.2, 0) is 5.41 Å². The number of aromatic amines is 1. The molecule has 4 heteroatoms. The molecule has 1 radical (unpaired) electrons. The predicted molar refractivity (Wildman–Crippen MR) is 242 cm³/mol. The summed E-state index contributed by atoms with van der Waals surface area (Å²) in [6, 6.07) is 59.0. The van der Waals surface area contributed by atoms with Crippen molar-refractivity contribution in [1.82, 2.24) is 14.1 Å². The minimum Gasteiger partial charge on any atom is -0.354 e. The smallest absolute Gasteiger partial charge is 0.197 e. The number of H-pyrrole nitrogens is 1. The SMILES string of the molecule is CC1(C)c2cccc3c2-n2c4c(c(-c5cccc6c5[nH]c5ccc7ccccc7c56)cc(-n5c6ccccc6c6ccccc65)c4c4c5ccccc5cc1c42)[B]3. The van der Waals surface area contributed by atoms with Crippen LogP contribution < -0.4 is 10.9 Å². The van der Waals surface area contributed by atoms with E-state index in [0.29, 0.717) is 0 Å². The molecule has 3 aromatic heterocycles. The van der Waals surface area contributed by atoms with E-state index in [1.807, 2.05) is 0 Å². The Morgan fingerprint density at radius 3 is 1.95 bits per heavy atom. The minimum atomic E-state index is -0.197. The molecule has 0 unspecified atom stereocenters. The Balaban J connectivity index is 1.26. The third kappa shape index (κ3) is 3.57. The van der Waals surface area contributed by atoms with E-state index in [2.05, 4.69) is 193 Å². The van der Waals surface area contributed by atoms with Gasteiger partial charge in [-0.05, 0) is 74.0 Å². The summed E-state index contributed by atoms with van der Waals surface area (Å²) in [7, 11) is 2.49. The number of benzene rings is 9. The molecule has 2 aliphatic rings. The number of rotatable bonds is 2. The average molecular weight is 723 g/mol. The van der Waals surface area contributed by atoms with Gasteiger partial charge in [0.15, 0.2) is 7.28 Å². The maximum absolute atomic E-state index is 3.95. The Labute approximate surface area is 328 Å². The van der Waals surface area contributed by atoms with Crippen molar-refractivity contribution in [3.63, 3.8) is 0 Å². The van der Waals surface area contributed by atoms with Crippen LogP contribution in [0.2, 0.25) is 0 Å². The molecule has 0 bridgehead atoms. The number of nitrogens with zero attached hydrogens (tertiary/aromatic N) is 2. The Kier molecular flexibility index (Phi) is 5.42. The van der Waals surface area contributed by atoms with Gasteiger partial charge in [-0.25, -0.2) is 0 Å². The largest absolute Gasteiger partial charge is 0.354 e. The van der Waals surface area contributed by atoms with Crippen LogP contribution in [0.25, 0.3) is 109 Å². The summed E-state index contributed by atoms with van der Waals surface area (Å²) in [6.07, 6.45) is 0. The second kappa shape index (κ2) is 10.2. The van der Waals surface area contributed by atoms with E-state index in [4.69, 9.17) is 0 Å². The van der Waals surface area contributed by atoms with E-state index in [1.165, 1.54) is 126 Å². The highest BCUT2D eigenvalue weighted by Crippen LogP contribution is 2.52. The van der Waals surface area contributed by atoms with E-state index in [0.717, 1.165) is 5.52 Å². The standard InChI is InChI=1S/C53H33BN3/c1-53(2)38-21-12-22-40-50(38)57-51-39(53)27-30-14-4-6-16-32(30)46(51)47-44(56-42-23-9-7-17-33(42)34-18-8-10-24-43(34)56)28-37(48(54-40)52(47)57)35-19-11-20-36-45-31-15-5-3-13-29(31)25-26-41(45)55-49(35)36/h3-28,55H,1-2H3. The molecule has 0 saturated heterocycles. The van der Waals surface area contributed by atoms with Crippen LogP contribution in [0.15, 0.2) is 158 Å². The molecule has 14 rings (SSSR count). The molecule has 1 N–H and O–H groups in total. The Hall–Kier alpha value is -7.04. The third-order valence-corrected chi connectivity index (χ3v) is 13.6. The molecule has 0 atom stereocenters. The number of nitrogens with one attached hydrogen (secondary N) is 1. The third-order valence-electron chi connectivity index (χ3n) is 13.6. The summed E-state index contributed by atoms with van der Waals surface area (Å²) < 4.78 is 5.22. The zero-order valence-electron chi connectivity index (χ0n) is 31.5. The first-order chi connectivity index (χ1) is 28.1. The molecule has 0 spiro atoms. The van der Waals surface area contributed by atoms with Gasteiger partial charge in [-0.1, -0.05) is 147 Å². The van der Waals surface area contributed by atoms with Crippen molar-refractivity contribution in [3.8, 4) is 22.5 Å². The lowest BCUT2D eigenvalue weighted by atomic mass is 9.57. The van der Waals surface area contributed by atoms with Crippen LogP contribution in [0.1, 0.15) is 25.0 Å². The summed E-state index contributed by atoms with van der Waals surface area (Å²) >= 11 is 0. The fourth-order valence-electron chi connectivity index (χ4n) is 11.2. The Morgan fingerprint density at radius 1 is 0.491 bits per heavy atom. The second-order valence-corrected chi connectivity index (χ2v) is 16.7. The van der Waals surface area contributed by atoms with E-state index >= 15 is 0 Å². The monoisotopic (exact) mass is 722 g/mol. The minimum absolute atomic E-state index is 0.197. The lowest BCUT2D eigenvalue weighted by molar-refractivity contribution is 0.632. The zero-order chi connectivity index (χ0) is 37.3. The van der Waals surface area contributed by atoms with Crippen LogP contribution in [-0.4, -0.2) is 21.4 Å². The highest BCUT2D eigenvalue weighted by molar-refractivity contribution is 6.74. The lowest BCUT2D eigenvalue weighted by Crippen LogP contribution is -2.41. The van der Waals surface area contributed by atoms with Crippen molar-refractivity contribution in [2.75, 3.05) is 0 Å². The molecular weight excluding hydrogens is 689 g/mol. The first kappa shape index (κ1) is 30.2. The molecule has 9 aromatic carbocycles. The van der Waals surface area contributed by atoms with Crippen LogP contribution in [0.3, 0.4) is 0 Å². The quantitative estimate of drug-likeness (QED) is 0.172. The van der Waals surface area contributed by atoms with Crippen molar-refractivity contribution < 1.29 is 0 Å². The van der Waals surface area contributed by atoms with Gasteiger partial charge in [-0.15, -0.1) is 0 Å². The average Bonchev–Trinajstić information content (AvgIpc) is 3.93. The van der Waals surface area contributed by atoms with E-state index in [1.54, 1.807) is 0 Å². The number of hydrogen-bond donors (Lipinski definition) is 1. The van der Waals surface area contributed by atoms with Gasteiger partial charge in [0.25, 0.3) is 0 Å². The van der Waals surface area contributed by atoms with Gasteiger partial charge in [0.1, 0.15) is 0 Å². The predicted octanol–water partition coefficient (Wildman–Crippen LogP) is 12.1. The number of aromatic nitrogens is 3. The van der Waals surface area contributed by atoms with Crippen molar-refractivity contribution in [2.45, 2.75) is 19.3 Å². The van der Waals surface area contributed by atoms with E-state index < -0.39 is 0 Å². The van der Waals surface area contributed by atoms with Gasteiger partial charge >= 0.3 is 0 Å². The highest BCUT2D eigenvalue weighted by atomic mass is 15.0. The maximum atomic E-state index is 3.95. The molecule has 12 aromatic rings. The van der Waals surface area contributed by atoms with Gasteiger partial charge in [-0.2, -0.15) is 0 Å². The molecule has 3 nitrogen and oxygen atoms in total. The highest BCUT2D eigenvalue weighted by Gasteiger charge is 2.40. The van der Waals surface area contributed by atoms with Gasteiger partial charge in [-0.3, -0.25) is 0 Å². The number of para-hydroxylation sites is 4. The summed E-state index contributed by atoms with van der Waals surface area (Å²) in [6.45, 7) is 4.84. The topological polar surface area (TPSA) is 25.6 Å². The van der Waals surface area contributed by atoms with Gasteiger partial charge in [0.05, 0.1) is 33.3 Å². The number of hydrogen-bond acceptors (Lipinski definition) is 0. The molecule has 263 valence electrons. The summed E-state index contributed by atoms with van der Waals surface area (Å²) in [5.41, 5.74) is 17.4. The maximum Gasteiger partial charge on any atom is 0.197 e. The number of fused-ring (bicyclic) bond motifs is 11. The first-order valence-corrected chi connectivity index (χ1v) is 20.0. The van der Waals surface area contributed by atoms with Gasteiger partial charge in [0.2, 0.25) is 0 Å². The fraction of sp³-hybridized carbons (Fsp3) is 0.0566. The van der Waals surface area contributed by atoms with Crippen molar-refractivity contribution in [1.29, 1.82) is 0 Å². The first-order valence-electron chi connectivity index (χ1n) is 20.0. The molecule has 0 amide bonds. The lowest BCUT2D eigenvalue weighted by Gasteiger charge is -2.38. The summed E-state index contributed by atoms with van der Waals surface area (Å²) in [4.78, 5) is 3.95. The molecule has 5 heterocycles. The van der Waals surface area contributed by atoms with Gasteiger partial charge < -0.3 is 14.1 Å². The molecular formula is C53H33BN3. The Bertz CT molecular complexity index is 3760. The van der Waals surface area contributed by atoms with Crippen molar-refractivity contribution in [2.24, 2.45) is 0 Å².